The fourth-order valence-electron chi connectivity index (χ4n) is 1.97. The maximum atomic E-state index is 5.99. The lowest BCUT2D eigenvalue weighted by molar-refractivity contribution is 0.317. The van der Waals surface area contributed by atoms with Crippen molar-refractivity contribution in [2.45, 2.75) is 33.2 Å². The van der Waals surface area contributed by atoms with E-state index in [-0.39, 0.29) is 6.04 Å². The minimum atomic E-state index is -0.0139. The summed E-state index contributed by atoms with van der Waals surface area (Å²) in [5, 5.41) is 0. The summed E-state index contributed by atoms with van der Waals surface area (Å²) >= 11 is 1.68. The third-order valence-corrected chi connectivity index (χ3v) is 4.08. The van der Waals surface area contributed by atoms with Gasteiger partial charge in [-0.2, -0.15) is 0 Å². The molecule has 2 N–H and O–H groups in total. The summed E-state index contributed by atoms with van der Waals surface area (Å²) in [6.45, 7) is 6.74. The van der Waals surface area contributed by atoms with Crippen LogP contribution in [0, 0.1) is 13.8 Å². The van der Waals surface area contributed by atoms with Crippen LogP contribution in [0.2, 0.25) is 0 Å². The monoisotopic (exact) mass is 276 g/mol. The molecule has 4 heteroatoms. The fourth-order valence-corrected chi connectivity index (χ4v) is 2.74. The summed E-state index contributed by atoms with van der Waals surface area (Å²) in [6, 6.07) is 6.14. The zero-order valence-electron chi connectivity index (χ0n) is 11.6. The highest BCUT2D eigenvalue weighted by Crippen LogP contribution is 2.25. The number of hydrogen-bond donors (Lipinski definition) is 1. The van der Waals surface area contributed by atoms with Crippen LogP contribution in [0.3, 0.4) is 0 Å². The molecular formula is C15H20N2OS. The predicted octanol–water partition coefficient (Wildman–Crippen LogP) is 3.40. The van der Waals surface area contributed by atoms with Crippen LogP contribution >= 0.6 is 11.3 Å². The number of hydrogen-bond acceptors (Lipinski definition) is 4. The molecular weight excluding hydrogens is 256 g/mol. The summed E-state index contributed by atoms with van der Waals surface area (Å²) < 4.78 is 5.88. The minimum absolute atomic E-state index is 0.0139. The highest BCUT2D eigenvalue weighted by Gasteiger charge is 2.09. The van der Waals surface area contributed by atoms with E-state index in [1.54, 1.807) is 11.3 Å². The molecule has 3 nitrogen and oxygen atoms in total. The van der Waals surface area contributed by atoms with Crippen molar-refractivity contribution in [3.8, 4) is 5.75 Å². The van der Waals surface area contributed by atoms with Gasteiger partial charge in [0.1, 0.15) is 5.75 Å². The maximum Gasteiger partial charge on any atom is 0.124 e. The van der Waals surface area contributed by atoms with Gasteiger partial charge in [0, 0.05) is 22.9 Å². The summed E-state index contributed by atoms with van der Waals surface area (Å²) in [7, 11) is 0. The van der Waals surface area contributed by atoms with Crippen LogP contribution in [-0.4, -0.2) is 11.6 Å². The molecule has 0 saturated carbocycles. The Kier molecular flexibility index (Phi) is 4.56. The molecule has 102 valence electrons. The molecule has 0 unspecified atom stereocenters. The first-order chi connectivity index (χ1) is 9.08. The standard InChI is InChI=1S/C15H20N2OS/c1-10-4-5-14(13(8-10)11(2)16)18-7-6-15-12(3)17-9-19-15/h4-5,8-9,11H,6-7,16H2,1-3H3/t11-/m1/s1. The average molecular weight is 276 g/mol. The molecule has 19 heavy (non-hydrogen) atoms. The van der Waals surface area contributed by atoms with E-state index in [4.69, 9.17) is 10.5 Å². The van der Waals surface area contributed by atoms with Crippen LogP contribution in [0.5, 0.6) is 5.75 Å². The SMILES string of the molecule is Cc1ccc(OCCc2scnc2C)c([C@@H](C)N)c1. The predicted molar refractivity (Wildman–Crippen MR) is 79.8 cm³/mol. The number of nitrogens with zero attached hydrogens (tertiary/aromatic N) is 1. The fraction of sp³-hybridized carbons (Fsp3) is 0.400. The van der Waals surface area contributed by atoms with Gasteiger partial charge in [-0.1, -0.05) is 17.7 Å². The smallest absolute Gasteiger partial charge is 0.124 e. The molecule has 1 aromatic heterocycles. The number of aromatic nitrogens is 1. The Balaban J connectivity index is 2.01. The molecule has 1 heterocycles. The quantitative estimate of drug-likeness (QED) is 0.910. The summed E-state index contributed by atoms with van der Waals surface area (Å²) in [5.74, 6) is 0.891. The highest BCUT2D eigenvalue weighted by molar-refractivity contribution is 7.09. The van der Waals surface area contributed by atoms with Crippen molar-refractivity contribution in [1.29, 1.82) is 0 Å². The van der Waals surface area contributed by atoms with Crippen molar-refractivity contribution < 1.29 is 4.74 Å². The van der Waals surface area contributed by atoms with Crippen molar-refractivity contribution in [2.75, 3.05) is 6.61 Å². The van der Waals surface area contributed by atoms with Gasteiger partial charge in [-0.3, -0.25) is 0 Å². The number of aryl methyl sites for hydroxylation is 2. The molecule has 0 aliphatic heterocycles. The van der Waals surface area contributed by atoms with Crippen LogP contribution in [0.1, 0.15) is 34.7 Å². The highest BCUT2D eigenvalue weighted by atomic mass is 32.1. The van der Waals surface area contributed by atoms with E-state index in [9.17, 15) is 0 Å². The first kappa shape index (κ1) is 14.0. The third-order valence-electron chi connectivity index (χ3n) is 3.09. The van der Waals surface area contributed by atoms with E-state index in [0.717, 1.165) is 23.4 Å². The van der Waals surface area contributed by atoms with Gasteiger partial charge in [0.25, 0.3) is 0 Å². The average Bonchev–Trinajstić information content (AvgIpc) is 2.77. The molecule has 0 saturated heterocycles. The van der Waals surface area contributed by atoms with Crippen LogP contribution in [0.25, 0.3) is 0 Å². The van der Waals surface area contributed by atoms with Gasteiger partial charge >= 0.3 is 0 Å². The lowest BCUT2D eigenvalue weighted by Crippen LogP contribution is -2.10. The molecule has 2 aromatic rings. The van der Waals surface area contributed by atoms with E-state index in [1.807, 2.05) is 25.4 Å². The van der Waals surface area contributed by atoms with E-state index in [1.165, 1.54) is 10.4 Å². The second-order valence-corrected chi connectivity index (χ2v) is 5.73. The maximum absolute atomic E-state index is 5.99. The van der Waals surface area contributed by atoms with Gasteiger partial charge in [-0.05, 0) is 26.8 Å². The Morgan fingerprint density at radius 1 is 1.37 bits per heavy atom. The molecule has 0 aliphatic rings. The van der Waals surface area contributed by atoms with E-state index in [2.05, 4.69) is 24.0 Å². The zero-order valence-corrected chi connectivity index (χ0v) is 12.5. The number of nitrogens with two attached hydrogens (primary N) is 1. The van der Waals surface area contributed by atoms with Crippen molar-refractivity contribution in [3.05, 3.63) is 45.4 Å². The van der Waals surface area contributed by atoms with Crippen molar-refractivity contribution >= 4 is 11.3 Å². The normalized spacial score (nSPS) is 12.4. The van der Waals surface area contributed by atoms with Gasteiger partial charge in [0.05, 0.1) is 17.8 Å². The van der Waals surface area contributed by atoms with Gasteiger partial charge in [0.2, 0.25) is 0 Å². The van der Waals surface area contributed by atoms with E-state index in [0.29, 0.717) is 6.61 Å². The molecule has 0 bridgehead atoms. The molecule has 0 fully saturated rings. The Bertz CT molecular complexity index is 549. The van der Waals surface area contributed by atoms with Crippen molar-refractivity contribution in [1.82, 2.24) is 4.98 Å². The number of thiazole rings is 1. The largest absolute Gasteiger partial charge is 0.493 e. The Morgan fingerprint density at radius 2 is 2.16 bits per heavy atom. The van der Waals surface area contributed by atoms with Crippen LogP contribution in [-0.2, 0) is 6.42 Å². The topological polar surface area (TPSA) is 48.1 Å². The first-order valence-electron chi connectivity index (χ1n) is 6.46. The van der Waals surface area contributed by atoms with Crippen LogP contribution in [0.4, 0.5) is 0 Å². The summed E-state index contributed by atoms with van der Waals surface area (Å²) in [4.78, 5) is 5.53. The molecule has 0 aliphatic carbocycles. The third kappa shape index (κ3) is 3.55. The number of benzene rings is 1. The Labute approximate surface area is 118 Å². The van der Waals surface area contributed by atoms with Crippen LogP contribution < -0.4 is 10.5 Å². The molecule has 1 atom stereocenters. The van der Waals surface area contributed by atoms with Crippen molar-refractivity contribution in [2.24, 2.45) is 5.73 Å². The second kappa shape index (κ2) is 6.17. The molecule has 2 rings (SSSR count). The van der Waals surface area contributed by atoms with Gasteiger partial charge in [-0.25, -0.2) is 4.98 Å². The van der Waals surface area contributed by atoms with Crippen LogP contribution in [0.15, 0.2) is 23.7 Å². The Morgan fingerprint density at radius 3 is 2.79 bits per heavy atom. The van der Waals surface area contributed by atoms with Crippen molar-refractivity contribution in [3.63, 3.8) is 0 Å². The number of ether oxygens (including phenoxy) is 1. The molecule has 1 aromatic carbocycles. The Hall–Kier alpha value is -1.39. The van der Waals surface area contributed by atoms with E-state index < -0.39 is 0 Å². The number of rotatable bonds is 5. The molecule has 0 radical (unpaired) electrons. The summed E-state index contributed by atoms with van der Waals surface area (Å²) in [5.41, 5.74) is 11.2. The minimum Gasteiger partial charge on any atom is -0.493 e. The zero-order chi connectivity index (χ0) is 13.8. The van der Waals surface area contributed by atoms with Gasteiger partial charge in [-0.15, -0.1) is 11.3 Å². The van der Waals surface area contributed by atoms with Gasteiger partial charge in [0.15, 0.2) is 0 Å². The second-order valence-electron chi connectivity index (χ2n) is 4.79. The first-order valence-corrected chi connectivity index (χ1v) is 7.34. The van der Waals surface area contributed by atoms with E-state index >= 15 is 0 Å². The molecule has 0 amide bonds. The lowest BCUT2D eigenvalue weighted by atomic mass is 10.1. The van der Waals surface area contributed by atoms with Gasteiger partial charge < -0.3 is 10.5 Å². The lowest BCUT2D eigenvalue weighted by Gasteiger charge is -2.14. The summed E-state index contributed by atoms with van der Waals surface area (Å²) in [6.07, 6.45) is 0.892. The molecule has 0 spiro atoms.